The Kier molecular flexibility index (Phi) is 5.48. The van der Waals surface area contributed by atoms with Gasteiger partial charge in [-0.25, -0.2) is 0 Å². The van der Waals surface area contributed by atoms with Crippen LogP contribution in [-0.4, -0.2) is 34.7 Å². The Bertz CT molecular complexity index is 874. The zero-order valence-corrected chi connectivity index (χ0v) is 19.4. The van der Waals surface area contributed by atoms with Crippen molar-refractivity contribution < 1.29 is 9.59 Å². The van der Waals surface area contributed by atoms with Gasteiger partial charge in [0.05, 0.1) is 12.1 Å². The molecule has 4 atom stereocenters. The second-order valence-electron chi connectivity index (χ2n) is 9.07. The summed E-state index contributed by atoms with van der Waals surface area (Å²) in [6.07, 6.45) is 5.47. The van der Waals surface area contributed by atoms with E-state index in [1.54, 1.807) is 0 Å². The molecule has 4 heterocycles. The minimum atomic E-state index is -0.00728. The van der Waals surface area contributed by atoms with E-state index in [-0.39, 0.29) is 35.7 Å². The molecule has 0 saturated heterocycles. The van der Waals surface area contributed by atoms with E-state index in [9.17, 15) is 9.59 Å². The molecule has 6 heteroatoms. The molecule has 4 nitrogen and oxygen atoms in total. The molecule has 2 aromatic rings. The molecule has 1 fully saturated rings. The van der Waals surface area contributed by atoms with Crippen molar-refractivity contribution in [2.75, 3.05) is 13.1 Å². The van der Waals surface area contributed by atoms with Gasteiger partial charge in [0.15, 0.2) is 0 Å². The van der Waals surface area contributed by atoms with Gasteiger partial charge in [-0.2, -0.15) is 0 Å². The van der Waals surface area contributed by atoms with Gasteiger partial charge in [0.2, 0.25) is 11.8 Å². The van der Waals surface area contributed by atoms with Gasteiger partial charge < -0.3 is 9.80 Å². The summed E-state index contributed by atoms with van der Waals surface area (Å²) in [4.78, 5) is 33.9. The number of carbonyl (C=O) groups excluding carboxylic acids is 2. The lowest BCUT2D eigenvalue weighted by atomic mass is 9.79. The van der Waals surface area contributed by atoms with Crippen LogP contribution in [0.15, 0.2) is 22.9 Å². The molecule has 3 aliphatic rings. The Balaban J connectivity index is 1.27. The van der Waals surface area contributed by atoms with E-state index in [4.69, 9.17) is 0 Å². The van der Waals surface area contributed by atoms with Gasteiger partial charge in [-0.1, -0.05) is 6.42 Å². The lowest BCUT2D eigenvalue weighted by molar-refractivity contribution is -0.144. The second-order valence-corrected chi connectivity index (χ2v) is 11.1. The summed E-state index contributed by atoms with van der Waals surface area (Å²) in [6.45, 7) is 5.93. The average molecular weight is 443 g/mol. The second kappa shape index (κ2) is 8.12. The molecule has 2 amide bonds. The summed E-state index contributed by atoms with van der Waals surface area (Å²) in [5.74, 6) is 0.520. The molecule has 30 heavy (non-hydrogen) atoms. The summed E-state index contributed by atoms with van der Waals surface area (Å²) in [5.41, 5.74) is 2.63. The van der Waals surface area contributed by atoms with Crippen LogP contribution >= 0.6 is 22.7 Å². The number of carbonyl (C=O) groups is 2. The SMILES string of the molecule is CC1c2ccsc2CCN1C(=O)C1CCCC(C(=O)N2CCc3sccc3C2C)C1. The lowest BCUT2D eigenvalue weighted by Gasteiger charge is -2.40. The fourth-order valence-electron chi connectivity index (χ4n) is 5.73. The van der Waals surface area contributed by atoms with Crippen molar-refractivity contribution in [2.45, 2.75) is 64.5 Å². The third kappa shape index (κ3) is 3.42. The number of hydrogen-bond donors (Lipinski definition) is 0. The number of amides is 2. The number of hydrogen-bond acceptors (Lipinski definition) is 4. The van der Waals surface area contributed by atoms with Gasteiger partial charge in [0.1, 0.15) is 0 Å². The number of rotatable bonds is 2. The van der Waals surface area contributed by atoms with Crippen molar-refractivity contribution in [3.63, 3.8) is 0 Å². The lowest BCUT2D eigenvalue weighted by Crippen LogP contribution is -2.46. The first-order valence-electron chi connectivity index (χ1n) is 11.3. The number of fused-ring (bicyclic) bond motifs is 2. The van der Waals surface area contributed by atoms with E-state index in [0.717, 1.165) is 51.6 Å². The van der Waals surface area contributed by atoms with Crippen molar-refractivity contribution in [1.29, 1.82) is 0 Å². The monoisotopic (exact) mass is 442 g/mol. The van der Waals surface area contributed by atoms with Gasteiger partial charge in [-0.3, -0.25) is 9.59 Å². The molecule has 0 radical (unpaired) electrons. The van der Waals surface area contributed by atoms with Gasteiger partial charge in [0, 0.05) is 34.7 Å². The van der Waals surface area contributed by atoms with Crippen molar-refractivity contribution in [3.05, 3.63) is 43.8 Å². The maximum absolute atomic E-state index is 13.4. The van der Waals surface area contributed by atoms with Crippen molar-refractivity contribution in [2.24, 2.45) is 11.8 Å². The smallest absolute Gasteiger partial charge is 0.226 e. The van der Waals surface area contributed by atoms with Crippen LogP contribution in [0.4, 0.5) is 0 Å². The zero-order valence-electron chi connectivity index (χ0n) is 17.8. The molecule has 0 aromatic carbocycles. The van der Waals surface area contributed by atoms with Crippen LogP contribution in [0.3, 0.4) is 0 Å². The van der Waals surface area contributed by atoms with Crippen LogP contribution in [0.2, 0.25) is 0 Å². The summed E-state index contributed by atoms with van der Waals surface area (Å²) in [5, 5.41) is 4.28. The minimum Gasteiger partial charge on any atom is -0.335 e. The molecular formula is C24H30N2O2S2. The summed E-state index contributed by atoms with van der Waals surface area (Å²) in [6, 6.07) is 4.66. The standard InChI is InChI=1S/C24H30N2O2S2/c1-15-19-8-12-29-21(19)6-10-25(15)23(27)17-4-3-5-18(14-17)24(28)26-11-7-22-20(16(26)2)9-13-30-22/h8-9,12-13,15-18H,3-7,10-11,14H2,1-2H3. The van der Waals surface area contributed by atoms with E-state index in [1.807, 2.05) is 22.7 Å². The summed E-state index contributed by atoms with van der Waals surface area (Å²) >= 11 is 3.61. The molecule has 2 aliphatic heterocycles. The molecular weight excluding hydrogens is 412 g/mol. The van der Waals surface area contributed by atoms with Gasteiger partial charge in [-0.05, 0) is 80.0 Å². The third-order valence-electron chi connectivity index (χ3n) is 7.49. The largest absolute Gasteiger partial charge is 0.335 e. The molecule has 4 unspecified atom stereocenters. The van der Waals surface area contributed by atoms with E-state index in [1.165, 1.54) is 20.9 Å². The Labute approximate surface area is 186 Å². The Hall–Kier alpha value is -1.66. The minimum absolute atomic E-state index is 0.00728. The first kappa shape index (κ1) is 20.3. The average Bonchev–Trinajstić information content (AvgIpc) is 3.44. The van der Waals surface area contributed by atoms with Crippen LogP contribution in [0.1, 0.15) is 72.5 Å². The van der Waals surface area contributed by atoms with Crippen LogP contribution in [0.5, 0.6) is 0 Å². The van der Waals surface area contributed by atoms with E-state index in [0.29, 0.717) is 0 Å². The number of nitrogens with zero attached hydrogens (tertiary/aromatic N) is 2. The van der Waals surface area contributed by atoms with Gasteiger partial charge in [0.25, 0.3) is 0 Å². The Morgan fingerprint density at radius 1 is 0.833 bits per heavy atom. The molecule has 1 aliphatic carbocycles. The highest BCUT2D eigenvalue weighted by atomic mass is 32.1. The van der Waals surface area contributed by atoms with Crippen LogP contribution in [0.25, 0.3) is 0 Å². The molecule has 1 saturated carbocycles. The number of thiophene rings is 2. The zero-order chi connectivity index (χ0) is 20.8. The van der Waals surface area contributed by atoms with E-state index >= 15 is 0 Å². The van der Waals surface area contributed by atoms with Gasteiger partial charge >= 0.3 is 0 Å². The molecule has 0 spiro atoms. The van der Waals surface area contributed by atoms with Crippen LogP contribution in [-0.2, 0) is 22.4 Å². The summed E-state index contributed by atoms with van der Waals surface area (Å²) in [7, 11) is 0. The molecule has 0 bridgehead atoms. The quantitative estimate of drug-likeness (QED) is 0.641. The molecule has 0 N–H and O–H groups in total. The fraction of sp³-hybridized carbons (Fsp3) is 0.583. The highest BCUT2D eigenvalue weighted by Crippen LogP contribution is 2.39. The first-order chi connectivity index (χ1) is 14.5. The predicted molar refractivity (Wildman–Crippen MR) is 122 cm³/mol. The van der Waals surface area contributed by atoms with E-state index < -0.39 is 0 Å². The fourth-order valence-corrected chi connectivity index (χ4v) is 7.65. The predicted octanol–water partition coefficient (Wildman–Crippen LogP) is 5.21. The Morgan fingerprint density at radius 2 is 1.30 bits per heavy atom. The van der Waals surface area contributed by atoms with Crippen molar-refractivity contribution in [3.8, 4) is 0 Å². The van der Waals surface area contributed by atoms with Crippen molar-refractivity contribution in [1.82, 2.24) is 9.80 Å². The van der Waals surface area contributed by atoms with Crippen LogP contribution < -0.4 is 0 Å². The van der Waals surface area contributed by atoms with Gasteiger partial charge in [-0.15, -0.1) is 22.7 Å². The summed E-state index contributed by atoms with van der Waals surface area (Å²) < 4.78 is 0. The highest BCUT2D eigenvalue weighted by molar-refractivity contribution is 7.10. The molecule has 160 valence electrons. The third-order valence-corrected chi connectivity index (χ3v) is 9.49. The maximum atomic E-state index is 13.4. The first-order valence-corrected chi connectivity index (χ1v) is 13.0. The Morgan fingerprint density at radius 3 is 1.77 bits per heavy atom. The molecule has 5 rings (SSSR count). The van der Waals surface area contributed by atoms with Crippen LogP contribution in [0, 0.1) is 11.8 Å². The highest BCUT2D eigenvalue weighted by Gasteiger charge is 2.39. The normalized spacial score (nSPS) is 28.7. The topological polar surface area (TPSA) is 40.6 Å². The molecule has 2 aromatic heterocycles. The van der Waals surface area contributed by atoms with E-state index in [2.05, 4.69) is 46.5 Å². The maximum Gasteiger partial charge on any atom is 0.226 e. The van der Waals surface area contributed by atoms with Crippen molar-refractivity contribution >= 4 is 34.5 Å².